The van der Waals surface area contributed by atoms with E-state index in [0.29, 0.717) is 37.2 Å². The van der Waals surface area contributed by atoms with Crippen molar-refractivity contribution in [1.29, 1.82) is 0 Å². The predicted octanol–water partition coefficient (Wildman–Crippen LogP) is 0.148. The quantitative estimate of drug-likeness (QED) is 0.819. The first kappa shape index (κ1) is 14.3. The van der Waals surface area contributed by atoms with E-state index >= 15 is 0 Å². The van der Waals surface area contributed by atoms with Crippen LogP contribution in [0.25, 0.3) is 0 Å². The maximum absolute atomic E-state index is 12.2. The zero-order chi connectivity index (χ0) is 14.5. The molecule has 0 aromatic heterocycles. The number of hydrogen-bond donors (Lipinski definition) is 2. The summed E-state index contributed by atoms with van der Waals surface area (Å²) in [5.74, 6) is -0.107. The molecule has 0 atom stereocenters. The summed E-state index contributed by atoms with van der Waals surface area (Å²) in [6.45, 7) is 0.956. The van der Waals surface area contributed by atoms with Gasteiger partial charge in [0.05, 0.1) is 6.10 Å². The van der Waals surface area contributed by atoms with Gasteiger partial charge in [0.1, 0.15) is 5.75 Å². The summed E-state index contributed by atoms with van der Waals surface area (Å²) in [4.78, 5) is 24.5. The Labute approximate surface area is 117 Å². The first-order valence-corrected chi connectivity index (χ1v) is 6.55. The minimum absolute atomic E-state index is 0.0571. The van der Waals surface area contributed by atoms with Crippen molar-refractivity contribution in [2.45, 2.75) is 18.9 Å². The molecule has 0 spiro atoms. The summed E-state index contributed by atoms with van der Waals surface area (Å²) in [6.07, 6.45) is 0.931. The number of likely N-dealkylation sites (tertiary alicyclic amines) is 1. The number of benzene rings is 1. The molecule has 3 N–H and O–H groups in total. The Kier molecular flexibility index (Phi) is 4.57. The molecule has 0 bridgehead atoms. The highest BCUT2D eigenvalue weighted by Crippen LogP contribution is 2.16. The van der Waals surface area contributed by atoms with Crippen molar-refractivity contribution >= 4 is 11.8 Å². The standard InChI is InChI=1S/C14H18N2O4/c15-13(18)9-20-12-3-1-10(2-4-12)14(19)16-7-5-11(17)6-8-16/h1-4,11,17H,5-9H2,(H2,15,18). The van der Waals surface area contributed by atoms with E-state index in [1.54, 1.807) is 29.2 Å². The Balaban J connectivity index is 1.95. The maximum atomic E-state index is 12.2. The van der Waals surface area contributed by atoms with E-state index in [-0.39, 0.29) is 18.6 Å². The molecule has 1 saturated heterocycles. The fourth-order valence-corrected chi connectivity index (χ4v) is 2.10. The number of nitrogens with two attached hydrogens (primary N) is 1. The SMILES string of the molecule is NC(=O)COc1ccc(C(=O)N2CCC(O)CC2)cc1. The second-order valence-corrected chi connectivity index (χ2v) is 4.80. The van der Waals surface area contributed by atoms with Gasteiger partial charge in [0.25, 0.3) is 11.8 Å². The normalized spacial score (nSPS) is 15.9. The lowest BCUT2D eigenvalue weighted by molar-refractivity contribution is -0.119. The lowest BCUT2D eigenvalue weighted by Crippen LogP contribution is -2.40. The molecule has 1 aromatic rings. The molecule has 0 radical (unpaired) electrons. The molecule has 0 aliphatic carbocycles. The molecule has 20 heavy (non-hydrogen) atoms. The second kappa shape index (κ2) is 6.38. The molecule has 6 nitrogen and oxygen atoms in total. The van der Waals surface area contributed by atoms with Crippen LogP contribution >= 0.6 is 0 Å². The average molecular weight is 278 g/mol. The van der Waals surface area contributed by atoms with Crippen molar-refractivity contribution in [3.05, 3.63) is 29.8 Å². The third-order valence-electron chi connectivity index (χ3n) is 3.23. The van der Waals surface area contributed by atoms with Crippen LogP contribution in [0.2, 0.25) is 0 Å². The Morgan fingerprint density at radius 3 is 2.40 bits per heavy atom. The minimum Gasteiger partial charge on any atom is -0.484 e. The molecule has 1 heterocycles. The first-order chi connectivity index (χ1) is 9.56. The number of aliphatic hydroxyl groups is 1. The van der Waals surface area contributed by atoms with Gasteiger partial charge >= 0.3 is 0 Å². The van der Waals surface area contributed by atoms with E-state index in [1.807, 2.05) is 0 Å². The Bertz CT molecular complexity index is 478. The largest absolute Gasteiger partial charge is 0.484 e. The lowest BCUT2D eigenvalue weighted by Gasteiger charge is -2.29. The number of aliphatic hydroxyl groups excluding tert-OH is 1. The van der Waals surface area contributed by atoms with Gasteiger partial charge in [-0.25, -0.2) is 0 Å². The highest BCUT2D eigenvalue weighted by molar-refractivity contribution is 5.94. The average Bonchev–Trinajstić information content (AvgIpc) is 2.46. The van der Waals surface area contributed by atoms with Crippen LogP contribution in [0.3, 0.4) is 0 Å². The van der Waals surface area contributed by atoms with Crippen LogP contribution < -0.4 is 10.5 Å². The number of ether oxygens (including phenoxy) is 1. The van der Waals surface area contributed by atoms with E-state index in [9.17, 15) is 14.7 Å². The molecule has 2 amide bonds. The third-order valence-corrected chi connectivity index (χ3v) is 3.23. The van der Waals surface area contributed by atoms with Crippen molar-refractivity contribution in [2.75, 3.05) is 19.7 Å². The highest BCUT2D eigenvalue weighted by atomic mass is 16.5. The van der Waals surface area contributed by atoms with Gasteiger partial charge in [-0.3, -0.25) is 9.59 Å². The van der Waals surface area contributed by atoms with Gasteiger partial charge in [0.15, 0.2) is 6.61 Å². The zero-order valence-corrected chi connectivity index (χ0v) is 11.1. The van der Waals surface area contributed by atoms with Gasteiger partial charge in [0.2, 0.25) is 0 Å². The summed E-state index contributed by atoms with van der Waals surface area (Å²) < 4.78 is 5.13. The number of amides is 2. The van der Waals surface area contributed by atoms with Crippen molar-refractivity contribution < 1.29 is 19.4 Å². The topological polar surface area (TPSA) is 92.9 Å². The van der Waals surface area contributed by atoms with E-state index in [1.165, 1.54) is 0 Å². The van der Waals surface area contributed by atoms with E-state index in [0.717, 1.165) is 0 Å². The number of rotatable bonds is 4. The summed E-state index contributed by atoms with van der Waals surface area (Å²) in [7, 11) is 0. The first-order valence-electron chi connectivity index (χ1n) is 6.55. The second-order valence-electron chi connectivity index (χ2n) is 4.80. The molecular weight excluding hydrogens is 260 g/mol. The number of carbonyl (C=O) groups is 2. The van der Waals surface area contributed by atoms with Gasteiger partial charge in [-0.2, -0.15) is 0 Å². The smallest absolute Gasteiger partial charge is 0.255 e. The maximum Gasteiger partial charge on any atom is 0.255 e. The van der Waals surface area contributed by atoms with Gasteiger partial charge in [-0.05, 0) is 37.1 Å². The van der Waals surface area contributed by atoms with Crippen LogP contribution in [0.4, 0.5) is 0 Å². The summed E-state index contributed by atoms with van der Waals surface area (Å²) in [5.41, 5.74) is 5.54. The number of hydrogen-bond acceptors (Lipinski definition) is 4. The van der Waals surface area contributed by atoms with Gasteiger partial charge in [0, 0.05) is 18.7 Å². The van der Waals surface area contributed by atoms with Crippen LogP contribution in [-0.4, -0.2) is 47.6 Å². The number of piperidine rings is 1. The van der Waals surface area contributed by atoms with Gasteiger partial charge < -0.3 is 20.5 Å². The molecule has 1 aliphatic heterocycles. The summed E-state index contributed by atoms with van der Waals surface area (Å²) in [6, 6.07) is 6.58. The van der Waals surface area contributed by atoms with Gasteiger partial charge in [-0.15, -0.1) is 0 Å². The number of primary amides is 1. The number of carbonyl (C=O) groups excluding carboxylic acids is 2. The van der Waals surface area contributed by atoms with E-state index in [4.69, 9.17) is 10.5 Å². The minimum atomic E-state index is -0.544. The predicted molar refractivity (Wildman–Crippen MR) is 72.3 cm³/mol. The molecule has 0 saturated carbocycles. The Morgan fingerprint density at radius 2 is 1.85 bits per heavy atom. The molecule has 0 unspecified atom stereocenters. The highest BCUT2D eigenvalue weighted by Gasteiger charge is 2.22. The van der Waals surface area contributed by atoms with Crippen LogP contribution in [0, 0.1) is 0 Å². The molecule has 2 rings (SSSR count). The zero-order valence-electron chi connectivity index (χ0n) is 11.1. The molecule has 1 fully saturated rings. The van der Waals surface area contributed by atoms with E-state index in [2.05, 4.69) is 0 Å². The van der Waals surface area contributed by atoms with Crippen molar-refractivity contribution in [1.82, 2.24) is 4.90 Å². The van der Waals surface area contributed by atoms with Crippen LogP contribution in [-0.2, 0) is 4.79 Å². The van der Waals surface area contributed by atoms with E-state index < -0.39 is 5.91 Å². The van der Waals surface area contributed by atoms with Gasteiger partial charge in [-0.1, -0.05) is 0 Å². The van der Waals surface area contributed by atoms with Crippen LogP contribution in [0.15, 0.2) is 24.3 Å². The fourth-order valence-electron chi connectivity index (χ4n) is 2.10. The van der Waals surface area contributed by atoms with Crippen LogP contribution in [0.1, 0.15) is 23.2 Å². The Hall–Kier alpha value is -2.08. The summed E-state index contributed by atoms with van der Waals surface area (Å²) in [5, 5.41) is 9.43. The molecule has 108 valence electrons. The van der Waals surface area contributed by atoms with Crippen molar-refractivity contribution in [3.63, 3.8) is 0 Å². The van der Waals surface area contributed by atoms with Crippen molar-refractivity contribution in [3.8, 4) is 5.75 Å². The van der Waals surface area contributed by atoms with Crippen LogP contribution in [0.5, 0.6) is 5.75 Å². The molecule has 1 aliphatic rings. The Morgan fingerprint density at radius 1 is 1.25 bits per heavy atom. The summed E-state index contributed by atoms with van der Waals surface area (Å²) >= 11 is 0. The lowest BCUT2D eigenvalue weighted by atomic mass is 10.1. The monoisotopic (exact) mass is 278 g/mol. The third kappa shape index (κ3) is 3.71. The molecular formula is C14H18N2O4. The number of nitrogens with zero attached hydrogens (tertiary/aromatic N) is 1. The van der Waals surface area contributed by atoms with Crippen molar-refractivity contribution in [2.24, 2.45) is 5.73 Å². The fraction of sp³-hybridized carbons (Fsp3) is 0.429. The molecule has 1 aromatic carbocycles. The molecule has 6 heteroatoms.